The number of nitrogens with zero attached hydrogens (tertiary/aromatic N) is 3. The van der Waals surface area contributed by atoms with Crippen LogP contribution in [0.4, 0.5) is 0 Å². The number of aryl methyl sites for hydroxylation is 1. The number of nitrogens with two attached hydrogens (primary N) is 1. The summed E-state index contributed by atoms with van der Waals surface area (Å²) in [4.78, 5) is 26.0. The number of amides is 1. The lowest BCUT2D eigenvalue weighted by Crippen LogP contribution is -2.31. The van der Waals surface area contributed by atoms with Gasteiger partial charge in [-0.2, -0.15) is 0 Å². The van der Waals surface area contributed by atoms with E-state index in [9.17, 15) is 4.79 Å². The van der Waals surface area contributed by atoms with Crippen LogP contribution in [0.2, 0.25) is 0 Å². The van der Waals surface area contributed by atoms with Gasteiger partial charge in [0.15, 0.2) is 0 Å². The van der Waals surface area contributed by atoms with Crippen molar-refractivity contribution in [3.8, 4) is 0 Å². The van der Waals surface area contributed by atoms with E-state index in [-0.39, 0.29) is 6.04 Å². The maximum Gasteiger partial charge on any atom is 0.248 e. The second kappa shape index (κ2) is 7.72. The molecule has 1 aliphatic carbocycles. The summed E-state index contributed by atoms with van der Waals surface area (Å²) >= 11 is 0. The van der Waals surface area contributed by atoms with Crippen LogP contribution in [0.25, 0.3) is 0 Å². The number of aromatic nitrogens is 3. The van der Waals surface area contributed by atoms with Crippen LogP contribution in [0.5, 0.6) is 0 Å². The van der Waals surface area contributed by atoms with E-state index in [0.29, 0.717) is 12.1 Å². The topological polar surface area (TPSA) is 87.9 Å². The number of aromatic amines is 1. The summed E-state index contributed by atoms with van der Waals surface area (Å²) in [6, 6.07) is 12.0. The molecule has 1 aliphatic rings. The zero-order chi connectivity index (χ0) is 18.6. The summed E-state index contributed by atoms with van der Waals surface area (Å²) in [6.45, 7) is 1.45. The fraction of sp³-hybridized carbons (Fsp3) is 0.286. The summed E-state index contributed by atoms with van der Waals surface area (Å²) in [5, 5.41) is 0. The van der Waals surface area contributed by atoms with Gasteiger partial charge >= 0.3 is 0 Å². The maximum atomic E-state index is 11.5. The molecule has 1 atom stereocenters. The smallest absolute Gasteiger partial charge is 0.248 e. The van der Waals surface area contributed by atoms with Crippen molar-refractivity contribution < 1.29 is 4.79 Å². The Morgan fingerprint density at radius 2 is 2.19 bits per heavy atom. The molecule has 0 saturated heterocycles. The standard InChI is InChI=1S/C21H23N5O/c22-21(27)17-6-1-4-15(10-17)12-26(13-18-11-23-14-25-18)19-8-2-5-16-7-3-9-24-20(16)19/h1,3-4,6-7,9-11,14,19H,2,5,8,12-13H2,(H2,22,27)(H,23,25). The van der Waals surface area contributed by atoms with Crippen LogP contribution in [-0.4, -0.2) is 25.8 Å². The van der Waals surface area contributed by atoms with Crippen molar-refractivity contribution in [2.75, 3.05) is 0 Å². The number of H-pyrrole nitrogens is 1. The molecule has 0 radical (unpaired) electrons. The summed E-state index contributed by atoms with van der Waals surface area (Å²) in [5.41, 5.74) is 10.6. The molecule has 0 fully saturated rings. The van der Waals surface area contributed by atoms with Crippen LogP contribution in [0, 0.1) is 0 Å². The van der Waals surface area contributed by atoms with E-state index in [0.717, 1.165) is 42.8 Å². The average Bonchev–Trinajstić information content (AvgIpc) is 3.20. The van der Waals surface area contributed by atoms with Gasteiger partial charge in [0.25, 0.3) is 0 Å². The Morgan fingerprint density at radius 3 is 3.00 bits per heavy atom. The van der Waals surface area contributed by atoms with Crippen LogP contribution >= 0.6 is 0 Å². The number of benzene rings is 1. The number of pyridine rings is 1. The molecule has 0 spiro atoms. The van der Waals surface area contributed by atoms with Crippen molar-refractivity contribution in [2.45, 2.75) is 38.4 Å². The third-order valence-electron chi connectivity index (χ3n) is 5.13. The number of rotatable bonds is 6. The zero-order valence-electron chi connectivity index (χ0n) is 15.1. The first kappa shape index (κ1) is 17.4. The van der Waals surface area contributed by atoms with E-state index in [1.54, 1.807) is 12.4 Å². The van der Waals surface area contributed by atoms with E-state index < -0.39 is 5.91 Å². The van der Waals surface area contributed by atoms with Crippen LogP contribution in [0.3, 0.4) is 0 Å². The van der Waals surface area contributed by atoms with Gasteiger partial charge in [0.05, 0.1) is 18.1 Å². The van der Waals surface area contributed by atoms with Crippen molar-refractivity contribution >= 4 is 5.91 Å². The maximum absolute atomic E-state index is 11.5. The van der Waals surface area contributed by atoms with Gasteiger partial charge in [-0.25, -0.2) is 4.98 Å². The predicted molar refractivity (Wildman–Crippen MR) is 103 cm³/mol. The SMILES string of the molecule is NC(=O)c1cccc(CN(Cc2cnc[nH]2)C2CCCc3cccnc32)c1. The highest BCUT2D eigenvalue weighted by Gasteiger charge is 2.27. The number of nitrogens with one attached hydrogen (secondary N) is 1. The van der Waals surface area contributed by atoms with Crippen molar-refractivity contribution in [1.82, 2.24) is 19.9 Å². The van der Waals surface area contributed by atoms with Crippen molar-refractivity contribution in [1.29, 1.82) is 0 Å². The Kier molecular flexibility index (Phi) is 4.98. The molecule has 0 aliphatic heterocycles. The quantitative estimate of drug-likeness (QED) is 0.706. The lowest BCUT2D eigenvalue weighted by Gasteiger charge is -2.35. The van der Waals surface area contributed by atoms with Gasteiger partial charge in [-0.05, 0) is 48.6 Å². The lowest BCUT2D eigenvalue weighted by molar-refractivity contribution is 0.1000. The third kappa shape index (κ3) is 3.90. The number of primary amides is 1. The Morgan fingerprint density at radius 1 is 1.26 bits per heavy atom. The summed E-state index contributed by atoms with van der Waals surface area (Å²) in [6.07, 6.45) is 8.72. The van der Waals surface area contributed by atoms with E-state index in [4.69, 9.17) is 10.7 Å². The van der Waals surface area contributed by atoms with E-state index in [1.165, 1.54) is 5.56 Å². The van der Waals surface area contributed by atoms with Crippen LogP contribution in [0.1, 0.15) is 51.8 Å². The molecule has 1 amide bonds. The van der Waals surface area contributed by atoms with Gasteiger partial charge in [0.1, 0.15) is 0 Å². The predicted octanol–water partition coefficient (Wildman–Crippen LogP) is 2.98. The normalized spacial score (nSPS) is 16.3. The minimum absolute atomic E-state index is 0.232. The summed E-state index contributed by atoms with van der Waals surface area (Å²) < 4.78 is 0. The Bertz CT molecular complexity index is 922. The van der Waals surface area contributed by atoms with E-state index in [1.807, 2.05) is 36.7 Å². The number of carbonyl (C=O) groups excluding carboxylic acids is 1. The van der Waals surface area contributed by atoms with Gasteiger partial charge in [-0.15, -0.1) is 0 Å². The van der Waals surface area contributed by atoms with Crippen molar-refractivity contribution in [2.24, 2.45) is 5.73 Å². The van der Waals surface area contributed by atoms with Gasteiger partial charge in [-0.1, -0.05) is 18.2 Å². The second-order valence-corrected chi connectivity index (χ2v) is 7.00. The molecule has 27 heavy (non-hydrogen) atoms. The molecule has 0 bridgehead atoms. The molecular formula is C21H23N5O. The van der Waals surface area contributed by atoms with Crippen LogP contribution in [0.15, 0.2) is 55.1 Å². The van der Waals surface area contributed by atoms with Gasteiger partial charge in [0.2, 0.25) is 5.91 Å². The molecule has 6 heteroatoms. The molecule has 3 N–H and O–H groups in total. The van der Waals surface area contributed by atoms with Gasteiger partial charge in [0, 0.05) is 36.7 Å². The van der Waals surface area contributed by atoms with E-state index >= 15 is 0 Å². The number of carbonyl (C=O) groups is 1. The van der Waals surface area contributed by atoms with Crippen molar-refractivity contribution in [3.05, 3.63) is 83.2 Å². The zero-order valence-corrected chi connectivity index (χ0v) is 15.1. The largest absolute Gasteiger partial charge is 0.366 e. The second-order valence-electron chi connectivity index (χ2n) is 7.00. The molecule has 6 nitrogen and oxygen atoms in total. The number of fused-ring (bicyclic) bond motifs is 1. The Labute approximate surface area is 158 Å². The summed E-state index contributed by atoms with van der Waals surface area (Å²) in [5.74, 6) is -0.401. The summed E-state index contributed by atoms with van der Waals surface area (Å²) in [7, 11) is 0. The minimum Gasteiger partial charge on any atom is -0.366 e. The third-order valence-corrected chi connectivity index (χ3v) is 5.13. The Balaban J connectivity index is 1.66. The van der Waals surface area contributed by atoms with Crippen LogP contribution in [-0.2, 0) is 19.5 Å². The monoisotopic (exact) mass is 361 g/mol. The van der Waals surface area contributed by atoms with E-state index in [2.05, 4.69) is 20.9 Å². The van der Waals surface area contributed by atoms with Crippen molar-refractivity contribution in [3.63, 3.8) is 0 Å². The molecule has 138 valence electrons. The highest BCUT2D eigenvalue weighted by molar-refractivity contribution is 5.92. The number of imidazole rings is 1. The number of hydrogen-bond acceptors (Lipinski definition) is 4. The fourth-order valence-electron chi connectivity index (χ4n) is 3.86. The lowest BCUT2D eigenvalue weighted by atomic mass is 9.90. The molecule has 0 saturated carbocycles. The molecule has 1 aromatic carbocycles. The van der Waals surface area contributed by atoms with Crippen LogP contribution < -0.4 is 5.73 Å². The number of hydrogen-bond donors (Lipinski definition) is 2. The first-order valence-electron chi connectivity index (χ1n) is 9.24. The highest BCUT2D eigenvalue weighted by atomic mass is 16.1. The molecule has 2 heterocycles. The molecule has 1 unspecified atom stereocenters. The van der Waals surface area contributed by atoms with Gasteiger partial charge < -0.3 is 10.7 Å². The minimum atomic E-state index is -0.401. The highest BCUT2D eigenvalue weighted by Crippen LogP contribution is 2.34. The first-order valence-corrected chi connectivity index (χ1v) is 9.24. The van der Waals surface area contributed by atoms with Gasteiger partial charge in [-0.3, -0.25) is 14.7 Å². The Hall–Kier alpha value is -2.99. The molecule has 2 aromatic heterocycles. The molecule has 4 rings (SSSR count). The first-order chi connectivity index (χ1) is 13.2. The molecule has 3 aromatic rings. The average molecular weight is 361 g/mol. The fourth-order valence-corrected chi connectivity index (χ4v) is 3.86. The molecular weight excluding hydrogens is 338 g/mol.